The molecule has 2 aromatic rings. The van der Waals surface area contributed by atoms with E-state index in [0.29, 0.717) is 18.5 Å². The molecule has 1 aromatic heterocycles. The third-order valence-corrected chi connectivity index (χ3v) is 3.24. The van der Waals surface area contributed by atoms with Crippen LogP contribution in [0.25, 0.3) is 11.0 Å². The van der Waals surface area contributed by atoms with Crippen LogP contribution in [0, 0.1) is 5.92 Å². The highest BCUT2D eigenvalue weighted by Crippen LogP contribution is 2.18. The number of amides is 1. The minimum atomic E-state index is -0.852. The van der Waals surface area contributed by atoms with Gasteiger partial charge in [-0.25, -0.2) is 0 Å². The van der Waals surface area contributed by atoms with Gasteiger partial charge in [-0.2, -0.15) is 0 Å². The second-order valence-corrected chi connectivity index (χ2v) is 4.73. The maximum absolute atomic E-state index is 12.0. The Morgan fingerprint density at radius 2 is 2.10 bits per heavy atom. The van der Waals surface area contributed by atoms with E-state index in [1.165, 1.54) is 0 Å². The van der Waals surface area contributed by atoms with E-state index in [0.717, 1.165) is 5.39 Å². The summed E-state index contributed by atoms with van der Waals surface area (Å²) in [5, 5.41) is 12.4. The first-order chi connectivity index (χ1) is 9.60. The lowest BCUT2D eigenvalue weighted by atomic mass is 10.0. The largest absolute Gasteiger partial charge is 0.481 e. The summed E-state index contributed by atoms with van der Waals surface area (Å²) in [6, 6.07) is 9.07. The number of carbonyl (C=O) groups is 2. The molecule has 0 saturated carbocycles. The number of furan rings is 1. The van der Waals surface area contributed by atoms with Crippen molar-refractivity contribution in [2.75, 3.05) is 6.54 Å². The molecule has 5 heteroatoms. The molecule has 0 radical (unpaired) electrons. The van der Waals surface area contributed by atoms with Crippen molar-refractivity contribution in [1.29, 1.82) is 0 Å². The summed E-state index contributed by atoms with van der Waals surface area (Å²) in [5.41, 5.74) is 0.662. The fourth-order valence-electron chi connectivity index (χ4n) is 2.03. The number of fused-ring (bicyclic) bond motifs is 1. The lowest BCUT2D eigenvalue weighted by Crippen LogP contribution is -2.29. The molecule has 1 aromatic carbocycles. The van der Waals surface area contributed by atoms with Gasteiger partial charge >= 0.3 is 5.97 Å². The van der Waals surface area contributed by atoms with Gasteiger partial charge in [0.15, 0.2) is 5.76 Å². The van der Waals surface area contributed by atoms with E-state index in [-0.39, 0.29) is 24.0 Å². The summed E-state index contributed by atoms with van der Waals surface area (Å²) in [6.07, 6.45) is 0.754. The summed E-state index contributed by atoms with van der Waals surface area (Å²) >= 11 is 0. The molecule has 0 spiro atoms. The van der Waals surface area contributed by atoms with Crippen LogP contribution < -0.4 is 5.32 Å². The van der Waals surface area contributed by atoms with E-state index in [1.807, 2.05) is 25.1 Å². The summed E-state index contributed by atoms with van der Waals surface area (Å²) in [6.45, 7) is 2.24. The Morgan fingerprint density at radius 1 is 1.35 bits per heavy atom. The van der Waals surface area contributed by atoms with E-state index < -0.39 is 5.97 Å². The Labute approximate surface area is 116 Å². The van der Waals surface area contributed by atoms with Crippen LogP contribution >= 0.6 is 0 Å². The van der Waals surface area contributed by atoms with Gasteiger partial charge in [-0.15, -0.1) is 0 Å². The highest BCUT2D eigenvalue weighted by Gasteiger charge is 2.15. The summed E-state index contributed by atoms with van der Waals surface area (Å²) in [4.78, 5) is 22.6. The molecule has 0 saturated heterocycles. The smallest absolute Gasteiger partial charge is 0.303 e. The van der Waals surface area contributed by atoms with Gasteiger partial charge in [0.05, 0.1) is 0 Å². The van der Waals surface area contributed by atoms with Gasteiger partial charge in [-0.05, 0) is 18.1 Å². The number of rotatable bonds is 6. The number of hydrogen-bond acceptors (Lipinski definition) is 3. The fraction of sp³-hybridized carbons (Fsp3) is 0.333. The van der Waals surface area contributed by atoms with Crippen LogP contribution in [0.4, 0.5) is 0 Å². The first-order valence-electron chi connectivity index (χ1n) is 6.58. The molecular formula is C15H17NO4. The van der Waals surface area contributed by atoms with Crippen LogP contribution in [0.2, 0.25) is 0 Å². The quantitative estimate of drug-likeness (QED) is 0.849. The maximum atomic E-state index is 12.0. The van der Waals surface area contributed by atoms with E-state index in [4.69, 9.17) is 9.52 Å². The van der Waals surface area contributed by atoms with Crippen molar-refractivity contribution in [3.8, 4) is 0 Å². The Balaban J connectivity index is 1.99. The lowest BCUT2D eigenvalue weighted by Gasteiger charge is -2.12. The molecule has 2 rings (SSSR count). The number of hydrogen-bond donors (Lipinski definition) is 2. The minimum Gasteiger partial charge on any atom is -0.481 e. The van der Waals surface area contributed by atoms with E-state index in [1.54, 1.807) is 12.1 Å². The molecule has 1 atom stereocenters. The fourth-order valence-corrected chi connectivity index (χ4v) is 2.03. The average molecular weight is 275 g/mol. The number of carbonyl (C=O) groups excluding carboxylic acids is 1. The van der Waals surface area contributed by atoms with E-state index in [2.05, 4.69) is 5.32 Å². The van der Waals surface area contributed by atoms with Crippen molar-refractivity contribution in [2.24, 2.45) is 5.92 Å². The monoisotopic (exact) mass is 275 g/mol. The Bertz CT molecular complexity index is 584. The third-order valence-electron chi connectivity index (χ3n) is 3.24. The topological polar surface area (TPSA) is 79.5 Å². The molecule has 0 fully saturated rings. The van der Waals surface area contributed by atoms with Gasteiger partial charge < -0.3 is 14.8 Å². The van der Waals surface area contributed by atoms with Crippen LogP contribution in [-0.2, 0) is 4.79 Å². The molecule has 0 aliphatic heterocycles. The first kappa shape index (κ1) is 14.1. The van der Waals surface area contributed by atoms with Crippen molar-refractivity contribution in [3.05, 3.63) is 36.1 Å². The predicted octanol–water partition coefficient (Wildman–Crippen LogP) is 2.66. The van der Waals surface area contributed by atoms with Crippen molar-refractivity contribution < 1.29 is 19.1 Å². The first-order valence-corrected chi connectivity index (χ1v) is 6.58. The Hall–Kier alpha value is -2.30. The maximum Gasteiger partial charge on any atom is 0.303 e. The summed E-state index contributed by atoms with van der Waals surface area (Å²) in [5.74, 6) is -0.989. The van der Waals surface area contributed by atoms with Gasteiger partial charge in [0.25, 0.3) is 5.91 Å². The van der Waals surface area contributed by atoms with Crippen LogP contribution in [0.3, 0.4) is 0 Å². The van der Waals surface area contributed by atoms with Crippen molar-refractivity contribution in [3.63, 3.8) is 0 Å². The number of carboxylic acids is 1. The van der Waals surface area contributed by atoms with Gasteiger partial charge in [-0.3, -0.25) is 9.59 Å². The number of para-hydroxylation sites is 1. The van der Waals surface area contributed by atoms with Crippen molar-refractivity contribution in [1.82, 2.24) is 5.32 Å². The van der Waals surface area contributed by atoms with Gasteiger partial charge in [0.1, 0.15) is 5.58 Å². The van der Waals surface area contributed by atoms with Gasteiger partial charge in [-0.1, -0.05) is 31.5 Å². The Morgan fingerprint density at radius 3 is 2.75 bits per heavy atom. The number of aliphatic carboxylic acids is 1. The number of carboxylic acid groups (broad SMARTS) is 1. The molecule has 2 N–H and O–H groups in total. The van der Waals surface area contributed by atoms with Crippen LogP contribution in [0.1, 0.15) is 30.3 Å². The van der Waals surface area contributed by atoms with Crippen molar-refractivity contribution >= 4 is 22.8 Å². The average Bonchev–Trinajstić information content (AvgIpc) is 2.86. The molecule has 0 bridgehead atoms. The molecule has 1 unspecified atom stereocenters. The van der Waals surface area contributed by atoms with Gasteiger partial charge in [0, 0.05) is 18.4 Å². The molecule has 0 aliphatic carbocycles. The zero-order valence-corrected chi connectivity index (χ0v) is 11.3. The second kappa shape index (κ2) is 6.23. The molecule has 20 heavy (non-hydrogen) atoms. The second-order valence-electron chi connectivity index (χ2n) is 4.73. The van der Waals surface area contributed by atoms with E-state index in [9.17, 15) is 9.59 Å². The molecular weight excluding hydrogens is 258 g/mol. The molecule has 106 valence electrons. The highest BCUT2D eigenvalue weighted by atomic mass is 16.4. The zero-order chi connectivity index (χ0) is 14.5. The predicted molar refractivity (Wildman–Crippen MR) is 74.6 cm³/mol. The normalized spacial score (nSPS) is 12.2. The summed E-state index contributed by atoms with van der Waals surface area (Å²) in [7, 11) is 0. The van der Waals surface area contributed by atoms with Gasteiger partial charge in [0.2, 0.25) is 0 Å². The SMILES string of the molecule is CCC(CNC(=O)c1cc2ccccc2o1)CC(=O)O. The molecule has 1 heterocycles. The zero-order valence-electron chi connectivity index (χ0n) is 11.3. The summed E-state index contributed by atoms with van der Waals surface area (Å²) < 4.78 is 5.45. The van der Waals surface area contributed by atoms with Crippen LogP contribution in [-0.4, -0.2) is 23.5 Å². The standard InChI is InChI=1S/C15H17NO4/c1-2-10(7-14(17)18)9-16-15(19)13-8-11-5-3-4-6-12(11)20-13/h3-6,8,10H,2,7,9H2,1H3,(H,16,19)(H,17,18). The van der Waals surface area contributed by atoms with Crippen LogP contribution in [0.15, 0.2) is 34.7 Å². The lowest BCUT2D eigenvalue weighted by molar-refractivity contribution is -0.138. The minimum absolute atomic E-state index is 0.0525. The number of nitrogens with one attached hydrogen (secondary N) is 1. The highest BCUT2D eigenvalue weighted by molar-refractivity contribution is 5.96. The Kier molecular flexibility index (Phi) is 4.40. The molecule has 0 aliphatic rings. The van der Waals surface area contributed by atoms with Crippen LogP contribution in [0.5, 0.6) is 0 Å². The molecule has 1 amide bonds. The number of benzene rings is 1. The van der Waals surface area contributed by atoms with Crippen molar-refractivity contribution in [2.45, 2.75) is 19.8 Å². The van der Waals surface area contributed by atoms with E-state index >= 15 is 0 Å². The third kappa shape index (κ3) is 3.38. The molecule has 5 nitrogen and oxygen atoms in total.